The van der Waals surface area contributed by atoms with E-state index in [0.29, 0.717) is 27.0 Å². The molecule has 0 bridgehead atoms. The number of hydrogen-bond donors (Lipinski definition) is 1. The zero-order chi connectivity index (χ0) is 19.3. The molecule has 0 aliphatic carbocycles. The van der Waals surface area contributed by atoms with Crippen molar-refractivity contribution < 1.29 is 17.9 Å². The topological polar surface area (TPSA) is 75.7 Å². The van der Waals surface area contributed by atoms with Gasteiger partial charge in [-0.1, -0.05) is 35.3 Å². The van der Waals surface area contributed by atoms with Crippen molar-refractivity contribution in [1.82, 2.24) is 4.31 Å². The van der Waals surface area contributed by atoms with E-state index >= 15 is 0 Å². The summed E-state index contributed by atoms with van der Waals surface area (Å²) in [4.78, 5) is 12.3. The second kappa shape index (κ2) is 8.73. The molecule has 0 saturated heterocycles. The van der Waals surface area contributed by atoms with E-state index in [-0.39, 0.29) is 13.1 Å². The van der Waals surface area contributed by atoms with Crippen LogP contribution in [0.2, 0.25) is 10.0 Å². The van der Waals surface area contributed by atoms with Gasteiger partial charge in [-0.3, -0.25) is 4.79 Å². The van der Waals surface area contributed by atoms with Crippen LogP contribution in [-0.4, -0.2) is 38.5 Å². The molecule has 0 aliphatic heterocycles. The van der Waals surface area contributed by atoms with Gasteiger partial charge in [0.1, 0.15) is 5.75 Å². The van der Waals surface area contributed by atoms with Crippen molar-refractivity contribution in [2.75, 3.05) is 25.2 Å². The Morgan fingerprint density at radius 1 is 1.15 bits per heavy atom. The number of anilines is 1. The fourth-order valence-corrected chi connectivity index (χ4v) is 3.25. The Balaban J connectivity index is 2.12. The molecule has 1 amide bonds. The van der Waals surface area contributed by atoms with Gasteiger partial charge in [-0.15, -0.1) is 0 Å². The summed E-state index contributed by atoms with van der Waals surface area (Å²) < 4.78 is 30.2. The van der Waals surface area contributed by atoms with Crippen molar-refractivity contribution in [1.29, 1.82) is 0 Å². The molecule has 0 fully saturated rings. The first kappa shape index (κ1) is 20.5. The molecule has 2 aromatic carbocycles. The van der Waals surface area contributed by atoms with E-state index in [0.717, 1.165) is 10.6 Å². The Hall–Kier alpha value is -1.80. The zero-order valence-electron chi connectivity index (χ0n) is 14.2. The molecular weight excluding hydrogens is 399 g/mol. The van der Waals surface area contributed by atoms with E-state index < -0.39 is 15.9 Å². The summed E-state index contributed by atoms with van der Waals surface area (Å²) in [6, 6.07) is 11.6. The number of ether oxygens (including phenoxy) is 1. The first-order chi connectivity index (χ1) is 12.2. The molecule has 26 heavy (non-hydrogen) atoms. The van der Waals surface area contributed by atoms with Crippen molar-refractivity contribution in [3.05, 3.63) is 58.1 Å². The highest BCUT2D eigenvalue weighted by Crippen LogP contribution is 2.24. The number of benzene rings is 2. The van der Waals surface area contributed by atoms with Crippen molar-refractivity contribution >= 4 is 44.8 Å². The monoisotopic (exact) mass is 416 g/mol. The van der Waals surface area contributed by atoms with E-state index in [1.54, 1.807) is 42.5 Å². The Kier molecular flexibility index (Phi) is 6.88. The van der Waals surface area contributed by atoms with Gasteiger partial charge in [0.2, 0.25) is 15.9 Å². The standard InChI is InChI=1S/C17H18Cl2N2O4S/c1-25-14-5-3-4-13(9-14)20-17(22)11-21(26(2,23)24)10-12-6-7-15(18)16(19)8-12/h3-9H,10-11H2,1-2H3,(H,20,22). The molecule has 0 radical (unpaired) electrons. The van der Waals surface area contributed by atoms with Crippen LogP contribution in [0.3, 0.4) is 0 Å². The number of nitrogens with zero attached hydrogens (tertiary/aromatic N) is 1. The first-order valence-electron chi connectivity index (χ1n) is 7.52. The van der Waals surface area contributed by atoms with Gasteiger partial charge < -0.3 is 10.1 Å². The highest BCUT2D eigenvalue weighted by atomic mass is 35.5. The van der Waals surface area contributed by atoms with Gasteiger partial charge in [-0.25, -0.2) is 8.42 Å². The van der Waals surface area contributed by atoms with Gasteiger partial charge in [0, 0.05) is 18.3 Å². The summed E-state index contributed by atoms with van der Waals surface area (Å²) in [6.07, 6.45) is 1.04. The predicted molar refractivity (Wildman–Crippen MR) is 103 cm³/mol. The summed E-state index contributed by atoms with van der Waals surface area (Å²) in [5, 5.41) is 3.34. The Morgan fingerprint density at radius 2 is 1.88 bits per heavy atom. The molecule has 0 saturated carbocycles. The van der Waals surface area contributed by atoms with Crippen molar-refractivity contribution in [3.8, 4) is 5.75 Å². The average molecular weight is 417 g/mol. The van der Waals surface area contributed by atoms with Crippen LogP contribution < -0.4 is 10.1 Å². The van der Waals surface area contributed by atoms with Crippen molar-refractivity contribution in [2.45, 2.75) is 6.54 Å². The molecule has 0 spiro atoms. The van der Waals surface area contributed by atoms with Crippen LogP contribution in [0.4, 0.5) is 5.69 Å². The second-order valence-electron chi connectivity index (χ2n) is 5.56. The maximum absolute atomic E-state index is 12.3. The van der Waals surface area contributed by atoms with Crippen LogP contribution in [-0.2, 0) is 21.4 Å². The number of rotatable bonds is 7. The van der Waals surface area contributed by atoms with Crippen LogP contribution in [0, 0.1) is 0 Å². The molecule has 0 heterocycles. The molecule has 6 nitrogen and oxygen atoms in total. The Labute approximate surface area is 162 Å². The molecule has 2 rings (SSSR count). The number of hydrogen-bond acceptors (Lipinski definition) is 4. The molecule has 0 aromatic heterocycles. The van der Waals surface area contributed by atoms with Gasteiger partial charge in [0.05, 0.1) is 30.0 Å². The number of nitrogens with one attached hydrogen (secondary N) is 1. The number of carbonyl (C=O) groups excluding carboxylic acids is 1. The normalized spacial score (nSPS) is 11.4. The first-order valence-corrected chi connectivity index (χ1v) is 10.1. The third kappa shape index (κ3) is 5.88. The van der Waals surface area contributed by atoms with Crippen molar-refractivity contribution in [3.63, 3.8) is 0 Å². The fourth-order valence-electron chi connectivity index (χ4n) is 2.19. The molecule has 0 atom stereocenters. The third-order valence-electron chi connectivity index (χ3n) is 3.49. The highest BCUT2D eigenvalue weighted by Gasteiger charge is 2.21. The lowest BCUT2D eigenvalue weighted by atomic mass is 10.2. The van der Waals surface area contributed by atoms with Gasteiger partial charge in [-0.05, 0) is 29.8 Å². The molecule has 1 N–H and O–H groups in total. The van der Waals surface area contributed by atoms with Gasteiger partial charge in [0.15, 0.2) is 0 Å². The minimum Gasteiger partial charge on any atom is -0.497 e. The van der Waals surface area contributed by atoms with E-state index in [9.17, 15) is 13.2 Å². The summed E-state index contributed by atoms with van der Waals surface area (Å²) in [5.41, 5.74) is 1.14. The summed E-state index contributed by atoms with van der Waals surface area (Å²) in [6.45, 7) is -0.336. The lowest BCUT2D eigenvalue weighted by Crippen LogP contribution is -2.36. The minimum atomic E-state index is -3.61. The third-order valence-corrected chi connectivity index (χ3v) is 5.42. The van der Waals surface area contributed by atoms with Crippen molar-refractivity contribution in [2.24, 2.45) is 0 Å². The van der Waals surface area contributed by atoms with Crippen LogP contribution in [0.15, 0.2) is 42.5 Å². The zero-order valence-corrected chi connectivity index (χ0v) is 16.5. The van der Waals surface area contributed by atoms with E-state index in [1.165, 1.54) is 7.11 Å². The van der Waals surface area contributed by atoms with Gasteiger partial charge in [-0.2, -0.15) is 4.31 Å². The molecule has 9 heteroatoms. The number of amides is 1. The smallest absolute Gasteiger partial charge is 0.239 e. The maximum Gasteiger partial charge on any atom is 0.239 e. The average Bonchev–Trinajstić information content (AvgIpc) is 2.57. The minimum absolute atomic E-state index is 0.00124. The summed E-state index contributed by atoms with van der Waals surface area (Å²) in [5.74, 6) is 0.113. The lowest BCUT2D eigenvalue weighted by molar-refractivity contribution is -0.116. The van der Waals surface area contributed by atoms with Gasteiger partial charge in [0.25, 0.3) is 0 Å². The molecule has 0 aliphatic rings. The highest BCUT2D eigenvalue weighted by molar-refractivity contribution is 7.88. The van der Waals surface area contributed by atoms with Crippen LogP contribution in [0.5, 0.6) is 5.75 Å². The molecular formula is C17H18Cl2N2O4S. The summed E-state index contributed by atoms with van der Waals surface area (Å²) >= 11 is 11.8. The molecule has 140 valence electrons. The van der Waals surface area contributed by atoms with Gasteiger partial charge >= 0.3 is 0 Å². The van der Waals surface area contributed by atoms with E-state index in [2.05, 4.69) is 5.32 Å². The number of carbonyl (C=O) groups is 1. The Bertz CT molecular complexity index is 903. The predicted octanol–water partition coefficient (Wildman–Crippen LogP) is 3.40. The van der Waals surface area contributed by atoms with Crippen LogP contribution in [0.25, 0.3) is 0 Å². The Morgan fingerprint density at radius 3 is 2.50 bits per heavy atom. The van der Waals surface area contributed by atoms with E-state index in [1.807, 2.05) is 0 Å². The van der Waals surface area contributed by atoms with E-state index in [4.69, 9.17) is 27.9 Å². The van der Waals surface area contributed by atoms with Crippen LogP contribution >= 0.6 is 23.2 Å². The van der Waals surface area contributed by atoms with Crippen LogP contribution in [0.1, 0.15) is 5.56 Å². The largest absolute Gasteiger partial charge is 0.497 e. The summed E-state index contributed by atoms with van der Waals surface area (Å²) in [7, 11) is -2.10. The number of sulfonamides is 1. The molecule has 2 aromatic rings. The molecule has 0 unspecified atom stereocenters. The lowest BCUT2D eigenvalue weighted by Gasteiger charge is -2.20. The number of methoxy groups -OCH3 is 1. The maximum atomic E-state index is 12.3. The SMILES string of the molecule is COc1cccc(NC(=O)CN(Cc2ccc(Cl)c(Cl)c2)S(C)(=O)=O)c1. The second-order valence-corrected chi connectivity index (χ2v) is 8.36. The quantitative estimate of drug-likeness (QED) is 0.749. The number of halogens is 2. The fraction of sp³-hybridized carbons (Fsp3) is 0.235.